The Hall–Kier alpha value is -1.67. The van der Waals surface area contributed by atoms with Gasteiger partial charge in [0.05, 0.1) is 11.1 Å². The molecule has 0 atom stereocenters. The van der Waals surface area contributed by atoms with Crippen LogP contribution in [0.2, 0.25) is 0 Å². The third kappa shape index (κ3) is 2.16. The minimum absolute atomic E-state index is 0.0738. The Balaban J connectivity index is 2.59. The topological polar surface area (TPSA) is 67.6 Å². The Bertz CT molecular complexity index is 622. The minimum atomic E-state index is 0.0738. The molecule has 0 bridgehead atoms. The number of nitrogens with two attached hydrogens (primary N) is 1. The van der Waals surface area contributed by atoms with Crippen molar-refractivity contribution in [3.05, 3.63) is 23.8 Å². The summed E-state index contributed by atoms with van der Waals surface area (Å²) >= 11 is 1.78. The molecule has 5 heteroatoms. The largest absolute Gasteiger partial charge is 0.369 e. The molecule has 0 aliphatic carbocycles. The molecule has 2 aromatic rings. The molecule has 0 saturated carbocycles. The van der Waals surface area contributed by atoms with Crippen molar-refractivity contribution in [3.8, 4) is 6.07 Å². The fourth-order valence-corrected chi connectivity index (χ4v) is 2.12. The van der Waals surface area contributed by atoms with Crippen LogP contribution in [-0.4, -0.2) is 20.6 Å². The van der Waals surface area contributed by atoms with Crippen LogP contribution in [0.4, 0.5) is 5.95 Å². The maximum Gasteiger partial charge on any atom is 0.201 e. The Morgan fingerprint density at radius 2 is 2.22 bits per heavy atom. The summed E-state index contributed by atoms with van der Waals surface area (Å²) in [5.41, 5.74) is 8.16. The van der Waals surface area contributed by atoms with Crippen LogP contribution < -0.4 is 5.73 Å². The number of nitrogens with zero attached hydrogens (tertiary/aromatic N) is 3. The molecule has 18 heavy (non-hydrogen) atoms. The van der Waals surface area contributed by atoms with E-state index in [0.717, 1.165) is 12.1 Å². The summed E-state index contributed by atoms with van der Waals surface area (Å²) < 4.78 is 2.05. The first-order valence-corrected chi connectivity index (χ1v) is 6.91. The first-order chi connectivity index (χ1) is 8.48. The minimum Gasteiger partial charge on any atom is -0.369 e. The van der Waals surface area contributed by atoms with E-state index in [-0.39, 0.29) is 4.75 Å². The lowest BCUT2D eigenvalue weighted by atomic mass is 10.2. The maximum atomic E-state index is 9.07. The number of para-hydroxylation sites is 1. The molecule has 0 aliphatic rings. The number of thioether (sulfide) groups is 1. The van der Waals surface area contributed by atoms with Crippen molar-refractivity contribution in [2.75, 3.05) is 12.0 Å². The van der Waals surface area contributed by atoms with Gasteiger partial charge in [-0.25, -0.2) is 4.98 Å². The SMILES string of the molecule is CSC(C)(C)Cn1c(N)nc2c(C#N)cccc21. The van der Waals surface area contributed by atoms with Gasteiger partial charge in [-0.2, -0.15) is 17.0 Å². The molecular weight excluding hydrogens is 244 g/mol. The zero-order valence-electron chi connectivity index (χ0n) is 10.8. The molecular formula is C13H16N4S. The molecule has 0 unspecified atom stereocenters. The van der Waals surface area contributed by atoms with Crippen LogP contribution >= 0.6 is 11.8 Å². The van der Waals surface area contributed by atoms with E-state index in [4.69, 9.17) is 11.0 Å². The second kappa shape index (κ2) is 4.54. The normalized spacial score (nSPS) is 11.7. The standard InChI is InChI=1S/C13H16N4S/c1-13(2,18-3)8-17-10-6-4-5-9(7-14)11(10)16-12(17)15/h4-6H,8H2,1-3H3,(H2,15,16). The quantitative estimate of drug-likeness (QED) is 0.921. The van der Waals surface area contributed by atoms with E-state index in [0.29, 0.717) is 17.0 Å². The van der Waals surface area contributed by atoms with Crippen molar-refractivity contribution in [2.24, 2.45) is 0 Å². The highest BCUT2D eigenvalue weighted by Gasteiger charge is 2.20. The van der Waals surface area contributed by atoms with Crippen molar-refractivity contribution < 1.29 is 0 Å². The number of benzene rings is 1. The van der Waals surface area contributed by atoms with Crippen LogP contribution in [0.15, 0.2) is 18.2 Å². The number of anilines is 1. The Labute approximate surface area is 111 Å². The van der Waals surface area contributed by atoms with E-state index in [9.17, 15) is 0 Å². The monoisotopic (exact) mass is 260 g/mol. The summed E-state index contributed by atoms with van der Waals surface area (Å²) in [6, 6.07) is 7.73. The summed E-state index contributed by atoms with van der Waals surface area (Å²) in [4.78, 5) is 4.31. The van der Waals surface area contributed by atoms with Crippen molar-refractivity contribution >= 4 is 28.7 Å². The molecule has 0 saturated heterocycles. The molecule has 2 rings (SSSR count). The lowest BCUT2D eigenvalue weighted by Crippen LogP contribution is -2.23. The molecule has 0 spiro atoms. The zero-order valence-corrected chi connectivity index (χ0v) is 11.6. The smallest absolute Gasteiger partial charge is 0.201 e. The summed E-state index contributed by atoms with van der Waals surface area (Å²) in [6.07, 6.45) is 2.08. The van der Waals surface area contributed by atoms with E-state index in [1.807, 2.05) is 16.7 Å². The van der Waals surface area contributed by atoms with Gasteiger partial charge in [0.15, 0.2) is 0 Å². The number of aromatic nitrogens is 2. The van der Waals surface area contributed by atoms with Gasteiger partial charge < -0.3 is 10.3 Å². The number of rotatable bonds is 3. The van der Waals surface area contributed by atoms with E-state index in [1.54, 1.807) is 17.8 Å². The number of hydrogen-bond acceptors (Lipinski definition) is 4. The highest BCUT2D eigenvalue weighted by molar-refractivity contribution is 7.99. The van der Waals surface area contributed by atoms with Gasteiger partial charge >= 0.3 is 0 Å². The molecule has 4 nitrogen and oxygen atoms in total. The lowest BCUT2D eigenvalue weighted by Gasteiger charge is -2.23. The third-order valence-electron chi connectivity index (χ3n) is 3.02. The average Bonchev–Trinajstić information content (AvgIpc) is 2.66. The van der Waals surface area contributed by atoms with Crippen LogP contribution in [0.1, 0.15) is 19.4 Å². The van der Waals surface area contributed by atoms with Crippen LogP contribution in [0, 0.1) is 11.3 Å². The fourth-order valence-electron chi connectivity index (χ4n) is 1.87. The van der Waals surface area contributed by atoms with Crippen molar-refractivity contribution in [1.82, 2.24) is 9.55 Å². The zero-order chi connectivity index (χ0) is 13.3. The van der Waals surface area contributed by atoms with Crippen molar-refractivity contribution in [1.29, 1.82) is 5.26 Å². The molecule has 1 aromatic heterocycles. The fraction of sp³-hybridized carbons (Fsp3) is 0.385. The Kier molecular flexibility index (Phi) is 3.22. The van der Waals surface area contributed by atoms with Gasteiger partial charge in [0, 0.05) is 11.3 Å². The van der Waals surface area contributed by atoms with Gasteiger partial charge in [0.1, 0.15) is 11.6 Å². The molecule has 0 aliphatic heterocycles. The maximum absolute atomic E-state index is 9.07. The van der Waals surface area contributed by atoms with Gasteiger partial charge in [0.25, 0.3) is 0 Å². The number of nitrogen functional groups attached to an aromatic ring is 1. The van der Waals surface area contributed by atoms with Gasteiger partial charge in [-0.15, -0.1) is 0 Å². The molecule has 1 aromatic carbocycles. The Morgan fingerprint density at radius 1 is 1.50 bits per heavy atom. The van der Waals surface area contributed by atoms with Crippen LogP contribution in [-0.2, 0) is 6.54 Å². The molecule has 0 amide bonds. The molecule has 2 N–H and O–H groups in total. The molecule has 0 fully saturated rings. The van der Waals surface area contributed by atoms with Gasteiger partial charge in [0.2, 0.25) is 5.95 Å². The average molecular weight is 260 g/mol. The van der Waals surface area contributed by atoms with E-state index in [1.165, 1.54) is 0 Å². The summed E-state index contributed by atoms with van der Waals surface area (Å²) in [7, 11) is 0. The number of fused-ring (bicyclic) bond motifs is 1. The number of imidazole rings is 1. The predicted molar refractivity (Wildman–Crippen MR) is 76.5 cm³/mol. The third-order valence-corrected chi connectivity index (χ3v) is 4.25. The van der Waals surface area contributed by atoms with Gasteiger partial charge in [-0.3, -0.25) is 0 Å². The van der Waals surface area contributed by atoms with E-state index >= 15 is 0 Å². The highest BCUT2D eigenvalue weighted by atomic mass is 32.2. The molecule has 1 heterocycles. The van der Waals surface area contributed by atoms with Gasteiger partial charge in [-0.1, -0.05) is 6.07 Å². The summed E-state index contributed by atoms with van der Waals surface area (Å²) in [5, 5.41) is 9.07. The summed E-state index contributed by atoms with van der Waals surface area (Å²) in [5.74, 6) is 0.467. The highest BCUT2D eigenvalue weighted by Crippen LogP contribution is 2.28. The summed E-state index contributed by atoms with van der Waals surface area (Å²) in [6.45, 7) is 5.10. The van der Waals surface area contributed by atoms with E-state index < -0.39 is 0 Å². The predicted octanol–water partition coefficient (Wildman–Crippen LogP) is 2.63. The van der Waals surface area contributed by atoms with Crippen LogP contribution in [0.3, 0.4) is 0 Å². The van der Waals surface area contributed by atoms with Crippen molar-refractivity contribution in [2.45, 2.75) is 25.1 Å². The number of nitriles is 1. The second-order valence-corrected chi connectivity index (χ2v) is 6.32. The van der Waals surface area contributed by atoms with Crippen LogP contribution in [0.25, 0.3) is 11.0 Å². The first-order valence-electron chi connectivity index (χ1n) is 5.68. The second-order valence-electron chi connectivity index (χ2n) is 4.81. The molecule has 0 radical (unpaired) electrons. The van der Waals surface area contributed by atoms with Crippen molar-refractivity contribution in [3.63, 3.8) is 0 Å². The lowest BCUT2D eigenvalue weighted by molar-refractivity contribution is 0.585. The van der Waals surface area contributed by atoms with Gasteiger partial charge in [-0.05, 0) is 32.2 Å². The van der Waals surface area contributed by atoms with E-state index in [2.05, 4.69) is 31.2 Å². The van der Waals surface area contributed by atoms with Crippen LogP contribution in [0.5, 0.6) is 0 Å². The first kappa shape index (κ1) is 12.8. The number of hydrogen-bond donors (Lipinski definition) is 1. The Morgan fingerprint density at radius 3 is 2.83 bits per heavy atom. The molecule has 94 valence electrons.